The van der Waals surface area contributed by atoms with Crippen molar-refractivity contribution in [2.45, 2.75) is 34.1 Å². The van der Waals surface area contributed by atoms with Crippen molar-refractivity contribution >= 4 is 10.9 Å². The largest absolute Gasteiger partial charge is 0.253 e. The van der Waals surface area contributed by atoms with Gasteiger partial charge in [0.15, 0.2) is 0 Å². The lowest BCUT2D eigenvalue weighted by molar-refractivity contribution is 1.01. The first kappa shape index (κ1) is 13.1. The number of benzene rings is 1. The van der Waals surface area contributed by atoms with Gasteiger partial charge in [0.05, 0.1) is 5.52 Å². The Morgan fingerprint density at radius 3 is 2.25 bits per heavy atom. The summed E-state index contributed by atoms with van der Waals surface area (Å²) in [5.41, 5.74) is 7.97. The lowest BCUT2D eigenvalue weighted by Gasteiger charge is -2.12. The number of allylic oxidation sites excluding steroid dienone is 4. The summed E-state index contributed by atoms with van der Waals surface area (Å²) in [6.07, 6.45) is 0.928. The van der Waals surface area contributed by atoms with E-state index < -0.39 is 0 Å². The van der Waals surface area contributed by atoms with Gasteiger partial charge in [0.25, 0.3) is 0 Å². The summed E-state index contributed by atoms with van der Waals surface area (Å²) in [4.78, 5) is 4.79. The number of hydrogen-bond acceptors (Lipinski definition) is 1. The molecule has 0 saturated heterocycles. The molecule has 0 aliphatic heterocycles. The standard InChI is InChI=1S/C19H20N/c1-12-13(2)15(4)18(14(12)3)11-17-10-9-16-7-5-6-8-19(16)20-17/h5-10H,11H2,1-4H3. The molecule has 0 bridgehead atoms. The van der Waals surface area contributed by atoms with E-state index in [2.05, 4.69) is 58.0 Å². The molecule has 1 heterocycles. The highest BCUT2D eigenvalue weighted by Crippen LogP contribution is 2.39. The van der Waals surface area contributed by atoms with Crippen LogP contribution >= 0.6 is 0 Å². The van der Waals surface area contributed by atoms with Gasteiger partial charge in [0, 0.05) is 23.4 Å². The third kappa shape index (κ3) is 2.07. The van der Waals surface area contributed by atoms with Gasteiger partial charge in [-0.25, -0.2) is 0 Å². The maximum absolute atomic E-state index is 4.79. The first-order valence-corrected chi connectivity index (χ1v) is 7.14. The Balaban J connectivity index is 1.95. The van der Waals surface area contributed by atoms with Gasteiger partial charge < -0.3 is 0 Å². The van der Waals surface area contributed by atoms with Crippen molar-refractivity contribution < 1.29 is 0 Å². The molecule has 1 nitrogen and oxygen atoms in total. The van der Waals surface area contributed by atoms with E-state index in [0.29, 0.717) is 0 Å². The lowest BCUT2D eigenvalue weighted by Crippen LogP contribution is -2.01. The fourth-order valence-electron chi connectivity index (χ4n) is 2.95. The van der Waals surface area contributed by atoms with Crippen LogP contribution < -0.4 is 0 Å². The number of rotatable bonds is 2. The molecule has 0 amide bonds. The quantitative estimate of drug-likeness (QED) is 0.739. The predicted molar refractivity (Wildman–Crippen MR) is 85.4 cm³/mol. The van der Waals surface area contributed by atoms with Crippen LogP contribution in [-0.4, -0.2) is 4.98 Å². The molecule has 1 aromatic carbocycles. The van der Waals surface area contributed by atoms with Crippen LogP contribution in [0.1, 0.15) is 33.4 Å². The van der Waals surface area contributed by atoms with Crippen molar-refractivity contribution in [2.75, 3.05) is 0 Å². The van der Waals surface area contributed by atoms with E-state index in [9.17, 15) is 0 Å². The molecular formula is C19H20N. The van der Waals surface area contributed by atoms with Crippen LogP contribution in [0.2, 0.25) is 0 Å². The normalized spacial score (nSPS) is 16.6. The molecule has 0 atom stereocenters. The fraction of sp³-hybridized carbons (Fsp3) is 0.263. The van der Waals surface area contributed by atoms with E-state index in [1.165, 1.54) is 33.6 Å². The molecule has 0 N–H and O–H groups in total. The lowest BCUT2D eigenvalue weighted by atomic mass is 9.94. The summed E-state index contributed by atoms with van der Waals surface area (Å²) in [6, 6.07) is 12.6. The fourth-order valence-corrected chi connectivity index (χ4v) is 2.95. The summed E-state index contributed by atoms with van der Waals surface area (Å²) in [7, 11) is 0. The van der Waals surface area contributed by atoms with Crippen molar-refractivity contribution in [1.29, 1.82) is 0 Å². The number of aromatic nitrogens is 1. The van der Waals surface area contributed by atoms with E-state index in [1.807, 2.05) is 6.07 Å². The van der Waals surface area contributed by atoms with Crippen molar-refractivity contribution in [2.24, 2.45) is 0 Å². The van der Waals surface area contributed by atoms with Gasteiger partial charge in [0.1, 0.15) is 0 Å². The Morgan fingerprint density at radius 1 is 0.800 bits per heavy atom. The molecule has 3 rings (SSSR count). The first-order valence-electron chi connectivity index (χ1n) is 7.14. The third-order valence-electron chi connectivity index (χ3n) is 4.61. The third-order valence-corrected chi connectivity index (χ3v) is 4.61. The minimum absolute atomic E-state index is 0.928. The average Bonchev–Trinajstić information content (AvgIpc) is 2.65. The van der Waals surface area contributed by atoms with Crippen molar-refractivity contribution in [3.63, 3.8) is 0 Å². The second-order valence-electron chi connectivity index (χ2n) is 5.65. The van der Waals surface area contributed by atoms with Crippen LogP contribution in [0.4, 0.5) is 0 Å². The SMILES string of the molecule is C[C]1C(C)=C(C)C(C)=C1Cc1ccc2ccccc2n1. The molecule has 101 valence electrons. The second kappa shape index (κ2) is 4.90. The van der Waals surface area contributed by atoms with Crippen LogP contribution in [0.3, 0.4) is 0 Å². The molecule has 2 aromatic rings. The Morgan fingerprint density at radius 2 is 1.55 bits per heavy atom. The zero-order valence-electron chi connectivity index (χ0n) is 12.6. The average molecular weight is 262 g/mol. The Bertz CT molecular complexity index is 734. The van der Waals surface area contributed by atoms with Crippen molar-refractivity contribution in [3.05, 3.63) is 70.3 Å². The molecule has 1 aromatic heterocycles. The smallest absolute Gasteiger partial charge is 0.0705 e. The molecule has 1 heteroatoms. The maximum Gasteiger partial charge on any atom is 0.0705 e. The van der Waals surface area contributed by atoms with Gasteiger partial charge in [0.2, 0.25) is 0 Å². The van der Waals surface area contributed by atoms with Crippen LogP contribution in [0.25, 0.3) is 10.9 Å². The maximum atomic E-state index is 4.79. The number of nitrogens with zero attached hydrogens (tertiary/aromatic N) is 1. The monoisotopic (exact) mass is 262 g/mol. The molecule has 1 aliphatic carbocycles. The van der Waals surface area contributed by atoms with Crippen molar-refractivity contribution in [3.8, 4) is 0 Å². The van der Waals surface area contributed by atoms with Crippen LogP contribution in [0.15, 0.2) is 58.7 Å². The van der Waals surface area contributed by atoms with Gasteiger partial charge in [-0.05, 0) is 49.6 Å². The van der Waals surface area contributed by atoms with Crippen molar-refractivity contribution in [1.82, 2.24) is 4.98 Å². The topological polar surface area (TPSA) is 12.9 Å². The molecule has 0 saturated carbocycles. The molecule has 0 spiro atoms. The van der Waals surface area contributed by atoms with Gasteiger partial charge >= 0.3 is 0 Å². The van der Waals surface area contributed by atoms with Gasteiger partial charge in [-0.1, -0.05) is 36.8 Å². The molecular weight excluding hydrogens is 242 g/mol. The van der Waals surface area contributed by atoms with Gasteiger partial charge in [-0.3, -0.25) is 4.98 Å². The van der Waals surface area contributed by atoms with E-state index in [4.69, 9.17) is 4.98 Å². The summed E-state index contributed by atoms with van der Waals surface area (Å²) >= 11 is 0. The Labute approximate surface area is 121 Å². The van der Waals surface area contributed by atoms with Gasteiger partial charge in [-0.2, -0.15) is 0 Å². The van der Waals surface area contributed by atoms with Crippen LogP contribution in [-0.2, 0) is 6.42 Å². The zero-order chi connectivity index (χ0) is 14.3. The van der Waals surface area contributed by atoms with Crippen LogP contribution in [0.5, 0.6) is 0 Å². The molecule has 1 aliphatic rings. The minimum atomic E-state index is 0.928. The minimum Gasteiger partial charge on any atom is -0.253 e. The zero-order valence-corrected chi connectivity index (χ0v) is 12.6. The van der Waals surface area contributed by atoms with E-state index in [-0.39, 0.29) is 0 Å². The molecule has 20 heavy (non-hydrogen) atoms. The Kier molecular flexibility index (Phi) is 3.21. The predicted octanol–water partition coefficient (Wildman–Crippen LogP) is 5.04. The molecule has 1 radical (unpaired) electrons. The molecule has 0 unspecified atom stereocenters. The number of pyridine rings is 1. The van der Waals surface area contributed by atoms with E-state index in [1.54, 1.807) is 0 Å². The van der Waals surface area contributed by atoms with Gasteiger partial charge in [-0.15, -0.1) is 0 Å². The summed E-state index contributed by atoms with van der Waals surface area (Å²) in [5, 5.41) is 1.21. The summed E-state index contributed by atoms with van der Waals surface area (Å²) < 4.78 is 0. The number of fused-ring (bicyclic) bond motifs is 1. The molecule has 0 fully saturated rings. The van der Waals surface area contributed by atoms with E-state index >= 15 is 0 Å². The number of para-hydroxylation sites is 1. The summed E-state index contributed by atoms with van der Waals surface area (Å²) in [5.74, 6) is 1.43. The second-order valence-corrected chi connectivity index (χ2v) is 5.65. The van der Waals surface area contributed by atoms with Crippen LogP contribution in [0, 0.1) is 5.92 Å². The van der Waals surface area contributed by atoms with E-state index in [0.717, 1.165) is 17.6 Å². The highest BCUT2D eigenvalue weighted by Gasteiger charge is 2.24. The Hall–Kier alpha value is -1.89. The summed E-state index contributed by atoms with van der Waals surface area (Å²) in [6.45, 7) is 8.89. The number of hydrogen-bond donors (Lipinski definition) is 0. The highest BCUT2D eigenvalue weighted by atomic mass is 14.7. The first-order chi connectivity index (χ1) is 9.58. The highest BCUT2D eigenvalue weighted by molar-refractivity contribution is 5.78.